The summed E-state index contributed by atoms with van der Waals surface area (Å²) in [6.07, 6.45) is 3.70. The second-order valence-electron chi connectivity index (χ2n) is 7.13. The molecule has 1 unspecified atom stereocenters. The van der Waals surface area contributed by atoms with Gasteiger partial charge in [0.05, 0.1) is 4.90 Å². The summed E-state index contributed by atoms with van der Waals surface area (Å²) >= 11 is 0. The molecule has 0 saturated carbocycles. The number of aryl methyl sites for hydroxylation is 1. The van der Waals surface area contributed by atoms with Gasteiger partial charge in [-0.2, -0.15) is 8.87 Å². The summed E-state index contributed by atoms with van der Waals surface area (Å²) in [5.41, 5.74) is 2.15. The van der Waals surface area contributed by atoms with Crippen LogP contribution in [0.2, 0.25) is 0 Å². The highest BCUT2D eigenvalue weighted by Crippen LogP contribution is 2.24. The summed E-state index contributed by atoms with van der Waals surface area (Å²) in [5.74, 6) is -0.220. The van der Waals surface area contributed by atoms with Crippen molar-refractivity contribution in [2.24, 2.45) is 0 Å². The maximum Gasteiger partial charge on any atom is 0.293 e. The largest absolute Gasteiger partial charge is 0.377 e. The molecule has 1 heterocycles. The number of hydrogen-bond acceptors (Lipinski definition) is 4. The number of carbonyl (C=O) groups is 1. The van der Waals surface area contributed by atoms with Gasteiger partial charge in [-0.05, 0) is 24.6 Å². The third-order valence-corrected chi connectivity index (χ3v) is 7.15. The van der Waals surface area contributed by atoms with Gasteiger partial charge in [0.15, 0.2) is 12.4 Å². The molecule has 0 saturated heterocycles. The lowest BCUT2D eigenvalue weighted by molar-refractivity contribution is -0.705. The van der Waals surface area contributed by atoms with E-state index in [9.17, 15) is 13.2 Å². The second-order valence-corrected chi connectivity index (χ2v) is 9.04. The van der Waals surface area contributed by atoms with E-state index in [0.29, 0.717) is 24.3 Å². The first-order chi connectivity index (χ1) is 13.6. The zero-order valence-corrected chi connectivity index (χ0v) is 18.8. The van der Waals surface area contributed by atoms with Gasteiger partial charge in [0.1, 0.15) is 0 Å². The number of carbonyl (C=O) groups excluding carboxylic acids is 1. The normalized spacial score (nSPS) is 12.7. The van der Waals surface area contributed by atoms with E-state index < -0.39 is 16.1 Å². The van der Waals surface area contributed by atoms with E-state index in [0.717, 1.165) is 5.69 Å². The molecule has 1 aromatic carbocycles. The molecular weight excluding hydrogens is 388 g/mol. The number of hydrogen-bond donors (Lipinski definition) is 1. The first-order valence-electron chi connectivity index (χ1n) is 9.71. The Balaban J connectivity index is 2.24. The van der Waals surface area contributed by atoms with Crippen LogP contribution in [0.5, 0.6) is 0 Å². The number of sulfonamides is 1. The van der Waals surface area contributed by atoms with Gasteiger partial charge in [-0.15, -0.1) is 0 Å². The molecule has 1 N–H and O–H groups in total. The molecule has 0 radical (unpaired) electrons. The van der Waals surface area contributed by atoms with Crippen LogP contribution < -0.4 is 14.8 Å². The lowest BCUT2D eigenvalue weighted by Gasteiger charge is -2.20. The zero-order valence-electron chi connectivity index (χ0n) is 18.0. The van der Waals surface area contributed by atoms with Gasteiger partial charge in [-0.3, -0.25) is 4.79 Å². The van der Waals surface area contributed by atoms with Crippen LogP contribution in [0, 0.1) is 6.92 Å². The Morgan fingerprint density at radius 2 is 1.69 bits per heavy atom. The van der Waals surface area contributed by atoms with Gasteiger partial charge < -0.3 is 10.2 Å². The topological polar surface area (TPSA) is 73.6 Å². The molecule has 7 nitrogen and oxygen atoms in total. The van der Waals surface area contributed by atoms with Crippen molar-refractivity contribution in [3.63, 3.8) is 0 Å². The van der Waals surface area contributed by atoms with Gasteiger partial charge >= 0.3 is 0 Å². The molecule has 0 aliphatic heterocycles. The van der Waals surface area contributed by atoms with Crippen molar-refractivity contribution in [2.75, 3.05) is 37.4 Å². The second kappa shape index (κ2) is 9.37. The Hall–Kier alpha value is -2.45. The Kier molecular flexibility index (Phi) is 7.37. The molecule has 0 spiro atoms. The summed E-state index contributed by atoms with van der Waals surface area (Å²) in [4.78, 5) is 14.9. The number of anilines is 2. The van der Waals surface area contributed by atoms with Crippen molar-refractivity contribution < 1.29 is 17.8 Å². The van der Waals surface area contributed by atoms with Crippen LogP contribution >= 0.6 is 0 Å². The lowest BCUT2D eigenvalue weighted by Crippen LogP contribution is -2.44. The SMILES string of the molecule is CCN(CC)S(=O)(=O)c1cc(NC(=O)C(C)[n+]2ccc(N(C)C)cc2)ccc1C. The lowest BCUT2D eigenvalue weighted by atomic mass is 10.2. The van der Waals surface area contributed by atoms with Crippen LogP contribution in [-0.4, -0.2) is 45.8 Å². The van der Waals surface area contributed by atoms with Gasteiger partial charge in [-0.25, -0.2) is 8.42 Å². The molecule has 0 fully saturated rings. The van der Waals surface area contributed by atoms with Crippen LogP contribution in [0.1, 0.15) is 32.4 Å². The van der Waals surface area contributed by atoms with Crippen molar-refractivity contribution in [3.05, 3.63) is 48.3 Å². The van der Waals surface area contributed by atoms with Crippen molar-refractivity contribution in [1.29, 1.82) is 0 Å². The monoisotopic (exact) mass is 419 g/mol. The number of pyridine rings is 1. The van der Waals surface area contributed by atoms with E-state index in [1.165, 1.54) is 10.4 Å². The predicted molar refractivity (Wildman–Crippen MR) is 116 cm³/mol. The summed E-state index contributed by atoms with van der Waals surface area (Å²) in [7, 11) is 0.307. The van der Waals surface area contributed by atoms with E-state index in [2.05, 4.69) is 5.32 Å². The number of amides is 1. The molecule has 2 rings (SSSR count). The Labute approximate surface area is 174 Å². The molecule has 158 valence electrons. The average molecular weight is 420 g/mol. The summed E-state index contributed by atoms with van der Waals surface area (Å²) in [6, 6.07) is 8.40. The first-order valence-corrected chi connectivity index (χ1v) is 11.2. The highest BCUT2D eigenvalue weighted by molar-refractivity contribution is 7.89. The Morgan fingerprint density at radius 3 is 2.21 bits per heavy atom. The predicted octanol–water partition coefficient (Wildman–Crippen LogP) is 2.58. The van der Waals surface area contributed by atoms with Crippen molar-refractivity contribution >= 4 is 27.3 Å². The summed E-state index contributed by atoms with van der Waals surface area (Å²) in [6.45, 7) is 7.96. The van der Waals surface area contributed by atoms with Crippen molar-refractivity contribution in [2.45, 2.75) is 38.6 Å². The fraction of sp³-hybridized carbons (Fsp3) is 0.429. The molecule has 8 heteroatoms. The maximum absolute atomic E-state index is 12.9. The van der Waals surface area contributed by atoms with Crippen LogP contribution in [0.3, 0.4) is 0 Å². The van der Waals surface area contributed by atoms with Crippen LogP contribution in [0.4, 0.5) is 11.4 Å². The van der Waals surface area contributed by atoms with Gasteiger partial charge in [0.2, 0.25) is 16.1 Å². The Bertz CT molecular complexity index is 952. The van der Waals surface area contributed by atoms with Gasteiger partial charge in [0, 0.05) is 57.6 Å². The molecule has 1 amide bonds. The fourth-order valence-corrected chi connectivity index (χ4v) is 4.74. The van der Waals surface area contributed by atoms with E-state index in [4.69, 9.17) is 0 Å². The number of aromatic nitrogens is 1. The van der Waals surface area contributed by atoms with E-state index >= 15 is 0 Å². The van der Waals surface area contributed by atoms with Crippen LogP contribution in [0.15, 0.2) is 47.6 Å². The summed E-state index contributed by atoms with van der Waals surface area (Å²) in [5, 5.41) is 2.84. The first kappa shape index (κ1) is 22.8. The molecule has 0 bridgehead atoms. The van der Waals surface area contributed by atoms with Crippen molar-refractivity contribution in [1.82, 2.24) is 4.31 Å². The number of benzene rings is 1. The zero-order chi connectivity index (χ0) is 21.8. The highest BCUT2D eigenvalue weighted by Gasteiger charge is 2.26. The van der Waals surface area contributed by atoms with Crippen LogP contribution in [0.25, 0.3) is 0 Å². The minimum atomic E-state index is -3.60. The van der Waals surface area contributed by atoms with E-state index in [1.807, 2.05) is 61.9 Å². The standard InChI is InChI=1S/C21H30N4O3S/c1-7-25(8-2)29(27,28)20-15-18(10-9-16(20)3)22-21(26)17(4)24-13-11-19(12-14-24)23(5)6/h9-15,17H,7-8H2,1-6H3/p+1. The number of rotatable bonds is 8. The average Bonchev–Trinajstić information content (AvgIpc) is 2.69. The quantitative estimate of drug-likeness (QED) is 0.668. The molecule has 1 aromatic heterocycles. The molecule has 1 atom stereocenters. The maximum atomic E-state index is 12.9. The highest BCUT2D eigenvalue weighted by atomic mass is 32.2. The minimum Gasteiger partial charge on any atom is -0.377 e. The Morgan fingerprint density at radius 1 is 1.10 bits per heavy atom. The third-order valence-electron chi connectivity index (χ3n) is 4.96. The van der Waals surface area contributed by atoms with E-state index in [1.54, 1.807) is 26.0 Å². The van der Waals surface area contributed by atoms with Crippen LogP contribution in [-0.2, 0) is 14.8 Å². The third kappa shape index (κ3) is 5.13. The van der Waals surface area contributed by atoms with Gasteiger partial charge in [0.25, 0.3) is 5.91 Å². The number of nitrogens with zero attached hydrogens (tertiary/aromatic N) is 3. The van der Waals surface area contributed by atoms with Crippen molar-refractivity contribution in [3.8, 4) is 0 Å². The van der Waals surface area contributed by atoms with E-state index in [-0.39, 0.29) is 10.8 Å². The molecule has 2 aromatic rings. The molecule has 0 aliphatic rings. The fourth-order valence-electron chi connectivity index (χ4n) is 3.03. The smallest absolute Gasteiger partial charge is 0.293 e. The summed E-state index contributed by atoms with van der Waals surface area (Å²) < 4.78 is 29.0. The molecule has 0 aliphatic carbocycles. The number of nitrogens with one attached hydrogen (secondary N) is 1. The van der Waals surface area contributed by atoms with Gasteiger partial charge in [-0.1, -0.05) is 19.9 Å². The minimum absolute atomic E-state index is 0.217. The molecule has 29 heavy (non-hydrogen) atoms. The molecular formula is C21H31N4O3S+.